The zero-order chi connectivity index (χ0) is 28.7. The smallest absolute Gasteiger partial charge is 0.222 e. The number of rotatable bonds is 18. The molecule has 0 N–H and O–H groups in total. The van der Waals surface area contributed by atoms with Gasteiger partial charge in [0.1, 0.15) is 0 Å². The minimum atomic E-state index is 0.0147. The van der Waals surface area contributed by atoms with Crippen molar-refractivity contribution in [2.45, 2.75) is 77.6 Å². The van der Waals surface area contributed by atoms with Crippen LogP contribution in [0.5, 0.6) is 0 Å². The van der Waals surface area contributed by atoms with Crippen LogP contribution in [0.2, 0.25) is 0 Å². The first-order chi connectivity index (χ1) is 19.6. The Balaban J connectivity index is 1.48. The Morgan fingerprint density at radius 1 is 0.700 bits per heavy atom. The monoisotopic (exact) mass is 545 g/mol. The quantitative estimate of drug-likeness (QED) is 0.113. The highest BCUT2D eigenvalue weighted by Crippen LogP contribution is 2.11. The second kappa shape index (κ2) is 21.3. The molecule has 1 fully saturated rings. The second-order valence-electron chi connectivity index (χ2n) is 9.88. The summed E-state index contributed by atoms with van der Waals surface area (Å²) in [5.41, 5.74) is 0.586. The molecule has 0 saturated carbocycles. The summed E-state index contributed by atoms with van der Waals surface area (Å²) in [7, 11) is 0. The molecule has 1 aromatic rings. The molecular formula is C34H47N3O3. The highest BCUT2D eigenvalue weighted by atomic mass is 16.2. The molecule has 0 spiro atoms. The Morgan fingerprint density at radius 2 is 1.20 bits per heavy atom. The molecule has 6 nitrogen and oxygen atoms in total. The maximum absolute atomic E-state index is 12.5. The van der Waals surface area contributed by atoms with E-state index in [4.69, 9.17) is 0 Å². The fraction of sp³-hybridized carbons (Fsp3) is 0.471. The number of aromatic nitrogens is 1. The third kappa shape index (κ3) is 14.6. The fourth-order valence-electron chi connectivity index (χ4n) is 4.33. The van der Waals surface area contributed by atoms with E-state index >= 15 is 0 Å². The molecule has 6 heteroatoms. The SMILES string of the molecule is CC/C=C\C/C=C\C/C=C\C/C=C\C/C=C\CCCC(=O)N1CCN(C(=O)CCCC(=O)c2cccnc2)CC1. The summed E-state index contributed by atoms with van der Waals surface area (Å²) in [5.74, 6) is 0.242. The van der Waals surface area contributed by atoms with Gasteiger partial charge in [-0.05, 0) is 63.5 Å². The Labute approximate surface area is 241 Å². The van der Waals surface area contributed by atoms with Crippen molar-refractivity contribution in [1.29, 1.82) is 0 Å². The lowest BCUT2D eigenvalue weighted by Gasteiger charge is -2.35. The van der Waals surface area contributed by atoms with Crippen molar-refractivity contribution in [3.05, 3.63) is 90.9 Å². The molecule has 0 radical (unpaired) electrons. The van der Waals surface area contributed by atoms with Crippen LogP contribution in [-0.2, 0) is 9.59 Å². The molecule has 1 aliphatic rings. The molecule has 2 heterocycles. The molecular weight excluding hydrogens is 498 g/mol. The van der Waals surface area contributed by atoms with Crippen molar-refractivity contribution in [1.82, 2.24) is 14.8 Å². The van der Waals surface area contributed by atoms with Gasteiger partial charge in [0.15, 0.2) is 5.78 Å². The van der Waals surface area contributed by atoms with Gasteiger partial charge in [-0.2, -0.15) is 0 Å². The molecule has 2 rings (SSSR count). The predicted octanol–water partition coefficient (Wildman–Crippen LogP) is 7.03. The summed E-state index contributed by atoms with van der Waals surface area (Å²) in [6, 6.07) is 3.49. The molecule has 0 aromatic carbocycles. The third-order valence-electron chi connectivity index (χ3n) is 6.68. The molecule has 1 saturated heterocycles. The second-order valence-corrected chi connectivity index (χ2v) is 9.88. The van der Waals surface area contributed by atoms with Gasteiger partial charge in [-0.25, -0.2) is 0 Å². The lowest BCUT2D eigenvalue weighted by Crippen LogP contribution is -2.50. The summed E-state index contributed by atoms with van der Waals surface area (Å²) in [6.45, 7) is 4.45. The number of hydrogen-bond acceptors (Lipinski definition) is 4. The fourth-order valence-corrected chi connectivity index (χ4v) is 4.33. The number of hydrogen-bond donors (Lipinski definition) is 0. The van der Waals surface area contributed by atoms with Crippen LogP contribution in [0.15, 0.2) is 85.3 Å². The minimum absolute atomic E-state index is 0.0147. The number of ketones is 1. The molecule has 1 aromatic heterocycles. The highest BCUT2D eigenvalue weighted by molar-refractivity contribution is 5.95. The number of Topliss-reactive ketones (excluding diaryl/α,β-unsaturated/α-hetero) is 1. The van der Waals surface area contributed by atoms with E-state index in [0.717, 1.165) is 44.9 Å². The molecule has 0 bridgehead atoms. The number of carbonyl (C=O) groups excluding carboxylic acids is 3. The number of amides is 2. The van der Waals surface area contributed by atoms with E-state index in [-0.39, 0.29) is 17.6 Å². The Bertz CT molecular complexity index is 1020. The molecule has 216 valence electrons. The van der Waals surface area contributed by atoms with Crippen molar-refractivity contribution in [3.8, 4) is 0 Å². The predicted molar refractivity (Wildman–Crippen MR) is 164 cm³/mol. The number of piperazine rings is 1. The number of carbonyl (C=O) groups is 3. The van der Waals surface area contributed by atoms with Crippen LogP contribution in [0, 0.1) is 0 Å². The van der Waals surface area contributed by atoms with Crippen molar-refractivity contribution in [3.63, 3.8) is 0 Å². The van der Waals surface area contributed by atoms with Crippen molar-refractivity contribution >= 4 is 17.6 Å². The normalized spacial score (nSPS) is 14.5. The zero-order valence-corrected chi connectivity index (χ0v) is 24.3. The zero-order valence-electron chi connectivity index (χ0n) is 24.3. The molecule has 0 atom stereocenters. The van der Waals surface area contributed by atoms with Gasteiger partial charge in [-0.1, -0.05) is 67.7 Å². The number of allylic oxidation sites excluding steroid dienone is 10. The van der Waals surface area contributed by atoms with E-state index < -0.39 is 0 Å². The van der Waals surface area contributed by atoms with Gasteiger partial charge in [-0.3, -0.25) is 19.4 Å². The molecule has 0 unspecified atom stereocenters. The van der Waals surface area contributed by atoms with Gasteiger partial charge < -0.3 is 9.80 Å². The lowest BCUT2D eigenvalue weighted by molar-refractivity contribution is -0.139. The minimum Gasteiger partial charge on any atom is -0.339 e. The van der Waals surface area contributed by atoms with Crippen LogP contribution in [-0.4, -0.2) is 58.6 Å². The van der Waals surface area contributed by atoms with E-state index in [1.807, 2.05) is 9.80 Å². The van der Waals surface area contributed by atoms with Gasteiger partial charge in [0.2, 0.25) is 11.8 Å². The van der Waals surface area contributed by atoms with Crippen LogP contribution in [0.3, 0.4) is 0 Å². The van der Waals surface area contributed by atoms with Gasteiger partial charge >= 0.3 is 0 Å². The Hall–Kier alpha value is -3.54. The first-order valence-corrected chi connectivity index (χ1v) is 14.9. The molecule has 1 aliphatic heterocycles. The number of nitrogens with zero attached hydrogens (tertiary/aromatic N) is 3. The summed E-state index contributed by atoms with van der Waals surface area (Å²) >= 11 is 0. The van der Waals surface area contributed by atoms with Gasteiger partial charge in [-0.15, -0.1) is 0 Å². The van der Waals surface area contributed by atoms with E-state index in [9.17, 15) is 14.4 Å². The number of unbranched alkanes of at least 4 members (excludes halogenated alkanes) is 1. The molecule has 40 heavy (non-hydrogen) atoms. The van der Waals surface area contributed by atoms with E-state index in [0.29, 0.717) is 57.4 Å². The van der Waals surface area contributed by atoms with Crippen LogP contribution >= 0.6 is 0 Å². The first-order valence-electron chi connectivity index (χ1n) is 14.9. The largest absolute Gasteiger partial charge is 0.339 e. The summed E-state index contributed by atoms with van der Waals surface area (Å²) < 4.78 is 0. The van der Waals surface area contributed by atoms with Crippen LogP contribution in [0.25, 0.3) is 0 Å². The van der Waals surface area contributed by atoms with Crippen LogP contribution < -0.4 is 0 Å². The first kappa shape index (κ1) is 32.7. The van der Waals surface area contributed by atoms with Crippen molar-refractivity contribution < 1.29 is 14.4 Å². The Morgan fingerprint density at radius 3 is 1.70 bits per heavy atom. The van der Waals surface area contributed by atoms with Gasteiger partial charge in [0.25, 0.3) is 0 Å². The molecule has 2 amide bonds. The highest BCUT2D eigenvalue weighted by Gasteiger charge is 2.23. The van der Waals surface area contributed by atoms with E-state index in [1.54, 1.807) is 24.5 Å². The summed E-state index contributed by atoms with van der Waals surface area (Å²) in [4.78, 5) is 44.9. The standard InChI is InChI=1S/C34H47N3O3/c1-2-3-4-5-6-7-8-9-10-11-12-13-14-15-16-17-18-23-33(39)36-26-28-37(29-27-36)34(40)24-19-22-32(38)31-21-20-25-35-30-31/h3-4,6-7,9-10,12-13,15-16,20-21,25,30H,2,5,8,11,14,17-19,22-24,26-29H2,1H3/b4-3-,7-6-,10-9-,13-12-,16-15-. The Kier molecular flexibility index (Phi) is 17.4. The van der Waals surface area contributed by atoms with Crippen LogP contribution in [0.1, 0.15) is 87.9 Å². The van der Waals surface area contributed by atoms with E-state index in [1.165, 1.54) is 0 Å². The summed E-state index contributed by atoms with van der Waals surface area (Å²) in [6.07, 6.45) is 33.5. The summed E-state index contributed by atoms with van der Waals surface area (Å²) in [5, 5.41) is 0. The maximum Gasteiger partial charge on any atom is 0.222 e. The van der Waals surface area contributed by atoms with Crippen molar-refractivity contribution in [2.75, 3.05) is 26.2 Å². The van der Waals surface area contributed by atoms with Crippen molar-refractivity contribution in [2.24, 2.45) is 0 Å². The molecule has 0 aliphatic carbocycles. The number of pyridine rings is 1. The van der Waals surface area contributed by atoms with Crippen LogP contribution in [0.4, 0.5) is 0 Å². The average Bonchev–Trinajstić information content (AvgIpc) is 2.99. The maximum atomic E-state index is 12.5. The third-order valence-corrected chi connectivity index (χ3v) is 6.68. The lowest BCUT2D eigenvalue weighted by atomic mass is 10.1. The van der Waals surface area contributed by atoms with Gasteiger partial charge in [0, 0.05) is 63.4 Å². The van der Waals surface area contributed by atoms with Gasteiger partial charge in [0.05, 0.1) is 0 Å². The average molecular weight is 546 g/mol. The van der Waals surface area contributed by atoms with E-state index in [2.05, 4.69) is 72.7 Å². The topological polar surface area (TPSA) is 70.6 Å².